The minimum absolute atomic E-state index is 0.436. The number of hydrogen-bond donors (Lipinski definition) is 1. The van der Waals surface area contributed by atoms with E-state index in [-0.39, 0.29) is 0 Å². The number of aromatic carboxylic acids is 1. The van der Waals surface area contributed by atoms with Gasteiger partial charge in [0.15, 0.2) is 0 Å². The van der Waals surface area contributed by atoms with E-state index in [0.717, 1.165) is 16.6 Å². The summed E-state index contributed by atoms with van der Waals surface area (Å²) < 4.78 is 0. The lowest BCUT2D eigenvalue weighted by atomic mass is 10.1. The van der Waals surface area contributed by atoms with Crippen LogP contribution in [0.4, 0.5) is 0 Å². The normalized spacial score (nSPS) is 16.5. The molecule has 86 valence electrons. The van der Waals surface area contributed by atoms with Crippen LogP contribution in [-0.4, -0.2) is 16.8 Å². The molecule has 2 nitrogen and oxygen atoms in total. The van der Waals surface area contributed by atoms with E-state index in [0.29, 0.717) is 5.56 Å². The Hall–Kier alpha value is -0.960. The van der Waals surface area contributed by atoms with Gasteiger partial charge in [0.05, 0.1) is 5.56 Å². The van der Waals surface area contributed by atoms with Crippen LogP contribution in [0.2, 0.25) is 0 Å². The van der Waals surface area contributed by atoms with Crippen molar-refractivity contribution in [1.82, 2.24) is 0 Å². The summed E-state index contributed by atoms with van der Waals surface area (Å²) in [7, 11) is 0. The molecule has 0 saturated heterocycles. The Morgan fingerprint density at radius 3 is 2.69 bits per heavy atom. The summed E-state index contributed by atoms with van der Waals surface area (Å²) in [6.45, 7) is 0. The van der Waals surface area contributed by atoms with Gasteiger partial charge in [0.25, 0.3) is 0 Å². The molecule has 3 heteroatoms. The lowest BCUT2D eigenvalue weighted by molar-refractivity contribution is 0.0693. The first-order chi connectivity index (χ1) is 7.77. The average molecular weight is 236 g/mol. The summed E-state index contributed by atoms with van der Waals surface area (Å²) in [6, 6.07) is 7.27. The van der Waals surface area contributed by atoms with Crippen molar-refractivity contribution in [3.63, 3.8) is 0 Å². The van der Waals surface area contributed by atoms with E-state index in [4.69, 9.17) is 5.11 Å². The molecule has 0 aliphatic heterocycles. The van der Waals surface area contributed by atoms with Crippen molar-refractivity contribution in [3.05, 3.63) is 29.8 Å². The summed E-state index contributed by atoms with van der Waals surface area (Å²) in [4.78, 5) is 11.9. The number of carboxylic acids is 1. The van der Waals surface area contributed by atoms with Gasteiger partial charge in [-0.1, -0.05) is 25.0 Å². The molecule has 0 heterocycles. The molecule has 0 bridgehead atoms. The van der Waals surface area contributed by atoms with Crippen molar-refractivity contribution in [1.29, 1.82) is 0 Å². The zero-order valence-corrected chi connectivity index (χ0v) is 10.0. The maximum absolute atomic E-state index is 11.0. The van der Waals surface area contributed by atoms with Gasteiger partial charge in [-0.2, -0.15) is 0 Å². The quantitative estimate of drug-likeness (QED) is 0.810. The molecule has 0 unspecified atom stereocenters. The van der Waals surface area contributed by atoms with Gasteiger partial charge in [0.1, 0.15) is 0 Å². The number of hydrogen-bond acceptors (Lipinski definition) is 2. The fourth-order valence-corrected chi connectivity index (χ4v) is 3.39. The highest BCUT2D eigenvalue weighted by molar-refractivity contribution is 7.99. The van der Waals surface area contributed by atoms with Crippen LogP contribution in [-0.2, 0) is 0 Å². The van der Waals surface area contributed by atoms with Crippen molar-refractivity contribution in [2.45, 2.75) is 30.6 Å². The number of carboxylic acid groups (broad SMARTS) is 1. The van der Waals surface area contributed by atoms with E-state index in [1.807, 2.05) is 12.1 Å². The Labute approximate surface area is 100 Å². The Bertz CT molecular complexity index is 370. The Morgan fingerprint density at radius 2 is 2.00 bits per heavy atom. The van der Waals surface area contributed by atoms with E-state index in [1.165, 1.54) is 25.7 Å². The highest BCUT2D eigenvalue weighted by Crippen LogP contribution is 2.32. The molecular formula is C13H16O2S. The van der Waals surface area contributed by atoms with Gasteiger partial charge in [-0.3, -0.25) is 0 Å². The zero-order chi connectivity index (χ0) is 11.4. The molecule has 1 aliphatic carbocycles. The van der Waals surface area contributed by atoms with Crippen LogP contribution in [0.15, 0.2) is 29.2 Å². The highest BCUT2D eigenvalue weighted by Gasteiger charge is 2.16. The van der Waals surface area contributed by atoms with E-state index < -0.39 is 5.97 Å². The minimum Gasteiger partial charge on any atom is -0.478 e. The van der Waals surface area contributed by atoms with Crippen molar-refractivity contribution in [2.24, 2.45) is 5.92 Å². The average Bonchev–Trinajstić information content (AvgIpc) is 2.79. The molecule has 0 spiro atoms. The molecule has 1 aromatic carbocycles. The van der Waals surface area contributed by atoms with Crippen molar-refractivity contribution < 1.29 is 9.90 Å². The fourth-order valence-electron chi connectivity index (χ4n) is 2.15. The Kier molecular flexibility index (Phi) is 3.88. The molecule has 1 fully saturated rings. The van der Waals surface area contributed by atoms with Crippen LogP contribution in [0.25, 0.3) is 0 Å². The minimum atomic E-state index is -0.825. The van der Waals surface area contributed by atoms with Crippen molar-refractivity contribution in [2.75, 3.05) is 5.75 Å². The van der Waals surface area contributed by atoms with Crippen molar-refractivity contribution in [3.8, 4) is 0 Å². The van der Waals surface area contributed by atoms with Crippen LogP contribution >= 0.6 is 11.8 Å². The summed E-state index contributed by atoms with van der Waals surface area (Å²) in [5.74, 6) is 1.02. The predicted octanol–water partition coefficient (Wildman–Crippen LogP) is 3.67. The molecule has 0 amide bonds. The van der Waals surface area contributed by atoms with Crippen LogP contribution in [0.1, 0.15) is 36.0 Å². The molecular weight excluding hydrogens is 220 g/mol. The van der Waals surface area contributed by atoms with Gasteiger partial charge in [-0.15, -0.1) is 11.8 Å². The largest absolute Gasteiger partial charge is 0.478 e. The molecule has 0 radical (unpaired) electrons. The third-order valence-corrected chi connectivity index (χ3v) is 4.37. The molecule has 16 heavy (non-hydrogen) atoms. The second-order valence-electron chi connectivity index (χ2n) is 4.26. The van der Waals surface area contributed by atoms with Gasteiger partial charge in [-0.25, -0.2) is 4.79 Å². The molecule has 1 aromatic rings. The van der Waals surface area contributed by atoms with E-state index in [1.54, 1.807) is 23.9 Å². The molecule has 0 aromatic heterocycles. The molecule has 2 rings (SSSR count). The Balaban J connectivity index is 2.00. The summed E-state index contributed by atoms with van der Waals surface area (Å²) in [6.07, 6.45) is 5.29. The van der Waals surface area contributed by atoms with Gasteiger partial charge in [0, 0.05) is 10.6 Å². The molecule has 1 N–H and O–H groups in total. The summed E-state index contributed by atoms with van der Waals surface area (Å²) in [5.41, 5.74) is 0.436. The van der Waals surface area contributed by atoms with Gasteiger partial charge < -0.3 is 5.11 Å². The van der Waals surface area contributed by atoms with Gasteiger partial charge in [-0.05, 0) is 30.9 Å². The maximum atomic E-state index is 11.0. The first-order valence-corrected chi connectivity index (χ1v) is 6.71. The zero-order valence-electron chi connectivity index (χ0n) is 9.19. The van der Waals surface area contributed by atoms with E-state index in [2.05, 4.69) is 0 Å². The third kappa shape index (κ3) is 2.79. The molecule has 1 aliphatic rings. The van der Waals surface area contributed by atoms with Gasteiger partial charge in [0.2, 0.25) is 0 Å². The first kappa shape index (κ1) is 11.5. The van der Waals surface area contributed by atoms with Crippen LogP contribution in [0.5, 0.6) is 0 Å². The van der Waals surface area contributed by atoms with E-state index >= 15 is 0 Å². The standard InChI is InChI=1S/C13H16O2S/c14-13(15)11-7-3-4-8-12(11)16-9-10-5-1-2-6-10/h3-4,7-8,10H,1-2,5-6,9H2,(H,14,15). The number of rotatable bonds is 4. The molecule has 0 atom stereocenters. The SMILES string of the molecule is O=C(O)c1ccccc1SCC1CCCC1. The second kappa shape index (κ2) is 5.39. The lowest BCUT2D eigenvalue weighted by Gasteiger charge is -2.09. The van der Waals surface area contributed by atoms with Crippen molar-refractivity contribution >= 4 is 17.7 Å². The van der Waals surface area contributed by atoms with Crippen LogP contribution < -0.4 is 0 Å². The number of benzene rings is 1. The van der Waals surface area contributed by atoms with Crippen LogP contribution in [0.3, 0.4) is 0 Å². The maximum Gasteiger partial charge on any atom is 0.336 e. The van der Waals surface area contributed by atoms with Crippen LogP contribution in [0, 0.1) is 5.92 Å². The Morgan fingerprint density at radius 1 is 1.31 bits per heavy atom. The highest BCUT2D eigenvalue weighted by atomic mass is 32.2. The summed E-state index contributed by atoms with van der Waals surface area (Å²) in [5, 5.41) is 9.04. The number of carbonyl (C=O) groups is 1. The first-order valence-electron chi connectivity index (χ1n) is 5.72. The smallest absolute Gasteiger partial charge is 0.336 e. The topological polar surface area (TPSA) is 37.3 Å². The molecule has 1 saturated carbocycles. The fraction of sp³-hybridized carbons (Fsp3) is 0.462. The monoisotopic (exact) mass is 236 g/mol. The third-order valence-electron chi connectivity index (χ3n) is 3.07. The van der Waals surface area contributed by atoms with Gasteiger partial charge >= 0.3 is 5.97 Å². The second-order valence-corrected chi connectivity index (χ2v) is 5.32. The number of thioether (sulfide) groups is 1. The lowest BCUT2D eigenvalue weighted by Crippen LogP contribution is -2.01. The predicted molar refractivity (Wildman–Crippen MR) is 66.1 cm³/mol. The summed E-state index contributed by atoms with van der Waals surface area (Å²) >= 11 is 1.69. The van der Waals surface area contributed by atoms with E-state index in [9.17, 15) is 4.79 Å².